The van der Waals surface area contributed by atoms with Crippen molar-refractivity contribution in [3.8, 4) is 0 Å². The number of ketones is 1. The molecule has 0 aromatic heterocycles. The Kier molecular flexibility index (Phi) is 3.69. The number of hydrogen-bond acceptors (Lipinski definition) is 3. The van der Waals surface area contributed by atoms with Gasteiger partial charge in [0.05, 0.1) is 6.04 Å². The van der Waals surface area contributed by atoms with Crippen LogP contribution >= 0.6 is 0 Å². The molecule has 1 atom stereocenters. The van der Waals surface area contributed by atoms with Gasteiger partial charge in [-0.25, -0.2) is 0 Å². The summed E-state index contributed by atoms with van der Waals surface area (Å²) in [6.45, 7) is 6.74. The Morgan fingerprint density at radius 2 is 2.33 bits per heavy atom. The van der Waals surface area contributed by atoms with Gasteiger partial charge in [0, 0.05) is 0 Å². The molecule has 0 bridgehead atoms. The number of likely N-dealkylation sites (N-methyl/N-ethyl adjacent to an activating group) is 1. The van der Waals surface area contributed by atoms with E-state index in [4.69, 9.17) is 0 Å². The monoisotopic (exact) mass is 170 g/mol. The van der Waals surface area contributed by atoms with Crippen LogP contribution in [0.2, 0.25) is 0 Å². The summed E-state index contributed by atoms with van der Waals surface area (Å²) in [6, 6.07) is 0.0853. The van der Waals surface area contributed by atoms with Gasteiger partial charge in [-0.2, -0.15) is 0 Å². The second-order valence-corrected chi connectivity index (χ2v) is 3.48. The van der Waals surface area contributed by atoms with E-state index in [1.165, 1.54) is 0 Å². The molecule has 1 saturated heterocycles. The van der Waals surface area contributed by atoms with Crippen LogP contribution in [-0.4, -0.2) is 31.5 Å². The number of carbonyl (C=O) groups is 1. The molecule has 0 amide bonds. The van der Waals surface area contributed by atoms with Crippen LogP contribution in [0.15, 0.2) is 0 Å². The number of carbonyl (C=O) groups excluding carboxylic acids is 1. The molecular formula is C9H18N2O. The second-order valence-electron chi connectivity index (χ2n) is 3.48. The lowest BCUT2D eigenvalue weighted by atomic mass is 9.93. The first-order valence-electron chi connectivity index (χ1n) is 4.68. The van der Waals surface area contributed by atoms with E-state index in [-0.39, 0.29) is 11.8 Å². The predicted octanol–water partition coefficient (Wildman–Crippen LogP) is 0.163. The van der Waals surface area contributed by atoms with E-state index in [0.717, 1.165) is 26.1 Å². The summed E-state index contributed by atoms with van der Waals surface area (Å²) in [5.41, 5.74) is 0. The quantitative estimate of drug-likeness (QED) is 0.617. The average Bonchev–Trinajstić information content (AvgIpc) is 1.93. The van der Waals surface area contributed by atoms with Gasteiger partial charge in [-0.15, -0.1) is 0 Å². The first-order valence-corrected chi connectivity index (χ1v) is 4.68. The molecule has 1 heterocycles. The molecule has 0 spiro atoms. The van der Waals surface area contributed by atoms with Crippen LogP contribution < -0.4 is 10.6 Å². The third-order valence-corrected chi connectivity index (χ3v) is 2.38. The summed E-state index contributed by atoms with van der Waals surface area (Å²) in [7, 11) is 0. The van der Waals surface area contributed by atoms with E-state index in [9.17, 15) is 4.79 Å². The summed E-state index contributed by atoms with van der Waals surface area (Å²) >= 11 is 0. The molecule has 1 rings (SSSR count). The first-order chi connectivity index (χ1) is 5.74. The van der Waals surface area contributed by atoms with Gasteiger partial charge in [0.1, 0.15) is 5.78 Å². The van der Waals surface area contributed by atoms with E-state index in [2.05, 4.69) is 10.6 Å². The minimum absolute atomic E-state index is 0.0853. The standard InChI is InChI=1S/C9H18N2O/c1-3-11-9(7(2)12)4-8-5-10-6-8/h8-11H,3-6H2,1-2H3. The van der Waals surface area contributed by atoms with Crippen molar-refractivity contribution in [2.45, 2.75) is 26.3 Å². The van der Waals surface area contributed by atoms with Crippen molar-refractivity contribution in [2.24, 2.45) is 5.92 Å². The minimum atomic E-state index is 0.0853. The topological polar surface area (TPSA) is 41.1 Å². The number of nitrogens with one attached hydrogen (secondary N) is 2. The molecule has 1 fully saturated rings. The molecule has 0 aromatic rings. The van der Waals surface area contributed by atoms with Gasteiger partial charge in [-0.1, -0.05) is 6.92 Å². The largest absolute Gasteiger partial charge is 0.316 e. The highest BCUT2D eigenvalue weighted by Gasteiger charge is 2.23. The Labute approximate surface area is 73.9 Å². The van der Waals surface area contributed by atoms with Crippen LogP contribution in [0.5, 0.6) is 0 Å². The van der Waals surface area contributed by atoms with Crippen LogP contribution in [0.25, 0.3) is 0 Å². The lowest BCUT2D eigenvalue weighted by Crippen LogP contribution is -2.47. The summed E-state index contributed by atoms with van der Waals surface area (Å²) < 4.78 is 0. The van der Waals surface area contributed by atoms with Gasteiger partial charge in [0.2, 0.25) is 0 Å². The summed E-state index contributed by atoms with van der Waals surface area (Å²) in [5, 5.41) is 6.41. The molecule has 3 nitrogen and oxygen atoms in total. The van der Waals surface area contributed by atoms with Crippen LogP contribution in [0.4, 0.5) is 0 Å². The zero-order chi connectivity index (χ0) is 8.97. The van der Waals surface area contributed by atoms with Gasteiger partial charge in [-0.05, 0) is 38.9 Å². The Balaban J connectivity index is 2.26. The maximum Gasteiger partial charge on any atom is 0.146 e. The van der Waals surface area contributed by atoms with Crippen LogP contribution in [0.3, 0.4) is 0 Å². The van der Waals surface area contributed by atoms with Crippen molar-refractivity contribution in [1.29, 1.82) is 0 Å². The Bertz CT molecular complexity index is 155. The van der Waals surface area contributed by atoms with Crippen molar-refractivity contribution >= 4 is 5.78 Å². The van der Waals surface area contributed by atoms with Gasteiger partial charge < -0.3 is 10.6 Å². The lowest BCUT2D eigenvalue weighted by molar-refractivity contribution is -0.119. The Morgan fingerprint density at radius 1 is 1.67 bits per heavy atom. The fraction of sp³-hybridized carbons (Fsp3) is 0.889. The Morgan fingerprint density at radius 3 is 2.67 bits per heavy atom. The van der Waals surface area contributed by atoms with E-state index in [1.54, 1.807) is 6.92 Å². The fourth-order valence-electron chi connectivity index (χ4n) is 1.49. The third-order valence-electron chi connectivity index (χ3n) is 2.38. The third kappa shape index (κ3) is 2.57. The first kappa shape index (κ1) is 9.68. The Hall–Kier alpha value is -0.410. The van der Waals surface area contributed by atoms with Crippen molar-refractivity contribution < 1.29 is 4.79 Å². The van der Waals surface area contributed by atoms with E-state index in [1.807, 2.05) is 6.92 Å². The molecule has 12 heavy (non-hydrogen) atoms. The summed E-state index contributed by atoms with van der Waals surface area (Å²) in [6.07, 6.45) is 0.996. The maximum atomic E-state index is 11.1. The van der Waals surface area contributed by atoms with Crippen molar-refractivity contribution in [2.75, 3.05) is 19.6 Å². The van der Waals surface area contributed by atoms with Gasteiger partial charge in [0.15, 0.2) is 0 Å². The fourth-order valence-corrected chi connectivity index (χ4v) is 1.49. The van der Waals surface area contributed by atoms with Crippen molar-refractivity contribution in [1.82, 2.24) is 10.6 Å². The highest BCUT2D eigenvalue weighted by Crippen LogP contribution is 2.11. The van der Waals surface area contributed by atoms with Crippen molar-refractivity contribution in [3.05, 3.63) is 0 Å². The molecule has 1 unspecified atom stereocenters. The molecule has 1 aliphatic heterocycles. The van der Waals surface area contributed by atoms with E-state index >= 15 is 0 Å². The molecule has 3 heteroatoms. The zero-order valence-electron chi connectivity index (χ0n) is 7.89. The molecule has 0 radical (unpaired) electrons. The zero-order valence-corrected chi connectivity index (χ0v) is 7.89. The van der Waals surface area contributed by atoms with Crippen LogP contribution in [0.1, 0.15) is 20.3 Å². The van der Waals surface area contributed by atoms with Gasteiger partial charge >= 0.3 is 0 Å². The van der Waals surface area contributed by atoms with Crippen LogP contribution in [-0.2, 0) is 4.79 Å². The van der Waals surface area contributed by atoms with Gasteiger partial charge in [0.25, 0.3) is 0 Å². The van der Waals surface area contributed by atoms with Gasteiger partial charge in [-0.3, -0.25) is 4.79 Å². The minimum Gasteiger partial charge on any atom is -0.316 e. The average molecular weight is 170 g/mol. The smallest absolute Gasteiger partial charge is 0.146 e. The lowest BCUT2D eigenvalue weighted by Gasteiger charge is -2.30. The SMILES string of the molecule is CCNC(CC1CNC1)C(C)=O. The molecular weight excluding hydrogens is 152 g/mol. The van der Waals surface area contributed by atoms with E-state index < -0.39 is 0 Å². The normalized spacial score (nSPS) is 20.2. The number of rotatable bonds is 5. The molecule has 0 aliphatic carbocycles. The number of hydrogen-bond donors (Lipinski definition) is 2. The molecule has 0 aromatic carbocycles. The molecule has 1 aliphatic rings. The molecule has 0 saturated carbocycles. The summed E-state index contributed by atoms with van der Waals surface area (Å²) in [4.78, 5) is 11.1. The highest BCUT2D eigenvalue weighted by atomic mass is 16.1. The maximum absolute atomic E-state index is 11.1. The predicted molar refractivity (Wildman–Crippen MR) is 49.1 cm³/mol. The van der Waals surface area contributed by atoms with E-state index in [0.29, 0.717) is 5.92 Å². The molecule has 2 N–H and O–H groups in total. The highest BCUT2D eigenvalue weighted by molar-refractivity contribution is 5.81. The van der Waals surface area contributed by atoms with Crippen molar-refractivity contribution in [3.63, 3.8) is 0 Å². The van der Waals surface area contributed by atoms with Crippen LogP contribution in [0, 0.1) is 5.92 Å². The number of Topliss-reactive ketones (excluding diaryl/α,β-unsaturated/α-hetero) is 1. The molecule has 70 valence electrons. The second kappa shape index (κ2) is 4.58. The summed E-state index contributed by atoms with van der Waals surface area (Å²) in [5.74, 6) is 0.974.